The third kappa shape index (κ3) is 3.18. The highest BCUT2D eigenvalue weighted by Gasteiger charge is 2.34. The number of hydrogen-bond acceptors (Lipinski definition) is 6. The van der Waals surface area contributed by atoms with Crippen LogP contribution in [0, 0.1) is 6.92 Å². The Kier molecular flexibility index (Phi) is 4.92. The first-order chi connectivity index (χ1) is 11.6. The minimum atomic E-state index is -0.268. The Bertz CT molecular complexity index is 772. The molecule has 0 radical (unpaired) electrons. The first-order valence-electron chi connectivity index (χ1n) is 7.66. The maximum Gasteiger partial charge on any atom is 0.266 e. The van der Waals surface area contributed by atoms with Crippen LogP contribution >= 0.6 is 11.3 Å². The van der Waals surface area contributed by atoms with E-state index >= 15 is 0 Å². The molecule has 1 aromatic heterocycles. The van der Waals surface area contributed by atoms with Gasteiger partial charge < -0.3 is 14.8 Å². The van der Waals surface area contributed by atoms with E-state index in [1.807, 2.05) is 31.2 Å². The number of hydrogen-bond donors (Lipinski definition) is 1. The van der Waals surface area contributed by atoms with Crippen molar-refractivity contribution in [2.24, 2.45) is 5.16 Å². The fourth-order valence-corrected chi connectivity index (χ4v) is 3.78. The van der Waals surface area contributed by atoms with Gasteiger partial charge >= 0.3 is 0 Å². The summed E-state index contributed by atoms with van der Waals surface area (Å²) in [6, 6.07) is 7.69. The number of aryl methyl sites for hydroxylation is 1. The lowest BCUT2D eigenvalue weighted by Gasteiger charge is -2.21. The molecule has 1 aromatic carbocycles. The van der Waals surface area contributed by atoms with Gasteiger partial charge in [0.1, 0.15) is 17.0 Å². The van der Waals surface area contributed by atoms with Crippen molar-refractivity contribution in [1.29, 1.82) is 0 Å². The van der Waals surface area contributed by atoms with Gasteiger partial charge in [-0.05, 0) is 12.5 Å². The zero-order valence-electron chi connectivity index (χ0n) is 13.6. The fourth-order valence-electron chi connectivity index (χ4n) is 2.82. The number of aromatic nitrogens is 1. The number of rotatable bonds is 4. The molecular formula is C17H19N3O3S. The summed E-state index contributed by atoms with van der Waals surface area (Å²) in [6.45, 7) is 2.29. The Labute approximate surface area is 144 Å². The van der Waals surface area contributed by atoms with Crippen molar-refractivity contribution in [2.75, 3.05) is 20.3 Å². The molecule has 1 aliphatic heterocycles. The molecule has 0 aliphatic carbocycles. The molecule has 24 heavy (non-hydrogen) atoms. The molecule has 1 unspecified atom stereocenters. The molecule has 1 atom stereocenters. The molecule has 7 heteroatoms. The molecule has 126 valence electrons. The fraction of sp³-hybridized carbons (Fsp3) is 0.353. The maximum atomic E-state index is 12.8. The molecule has 1 N–H and O–H groups in total. The Morgan fingerprint density at radius 3 is 3.00 bits per heavy atom. The quantitative estimate of drug-likeness (QED) is 0.863. The molecule has 3 rings (SSSR count). The minimum absolute atomic E-state index is 0.0993. The van der Waals surface area contributed by atoms with Crippen LogP contribution in [0.1, 0.15) is 21.7 Å². The smallest absolute Gasteiger partial charge is 0.266 e. The van der Waals surface area contributed by atoms with Crippen molar-refractivity contribution < 1.29 is 14.7 Å². The predicted octanol–water partition coefficient (Wildman–Crippen LogP) is 2.33. The van der Waals surface area contributed by atoms with Crippen molar-refractivity contribution in [3.05, 3.63) is 40.9 Å². The zero-order valence-corrected chi connectivity index (χ0v) is 14.4. The van der Waals surface area contributed by atoms with Crippen LogP contribution in [-0.2, 0) is 4.84 Å². The van der Waals surface area contributed by atoms with Crippen molar-refractivity contribution >= 4 is 23.0 Å². The second-order valence-corrected chi connectivity index (χ2v) is 6.69. The van der Waals surface area contributed by atoms with Crippen molar-refractivity contribution in [3.63, 3.8) is 0 Å². The molecule has 6 nitrogen and oxygen atoms in total. The van der Waals surface area contributed by atoms with Crippen LogP contribution in [-0.4, -0.2) is 52.9 Å². The summed E-state index contributed by atoms with van der Waals surface area (Å²) in [4.78, 5) is 24.2. The van der Waals surface area contributed by atoms with Crippen LogP contribution in [0.25, 0.3) is 10.6 Å². The van der Waals surface area contributed by atoms with E-state index in [9.17, 15) is 9.90 Å². The van der Waals surface area contributed by atoms with Gasteiger partial charge in [0.2, 0.25) is 0 Å². The number of aliphatic hydroxyl groups excluding tert-OH is 1. The number of oxime groups is 1. The number of carbonyl (C=O) groups is 1. The van der Waals surface area contributed by atoms with E-state index < -0.39 is 0 Å². The van der Waals surface area contributed by atoms with E-state index in [1.54, 1.807) is 11.1 Å². The summed E-state index contributed by atoms with van der Waals surface area (Å²) < 4.78 is 0. The minimum Gasteiger partial charge on any atom is -0.399 e. The second kappa shape index (κ2) is 7.11. The second-order valence-electron chi connectivity index (χ2n) is 5.66. The Morgan fingerprint density at radius 1 is 1.50 bits per heavy atom. The maximum absolute atomic E-state index is 12.8. The van der Waals surface area contributed by atoms with Gasteiger partial charge in [-0.3, -0.25) is 4.79 Å². The summed E-state index contributed by atoms with van der Waals surface area (Å²) in [6.07, 6.45) is 2.13. The third-order valence-electron chi connectivity index (χ3n) is 4.05. The lowest BCUT2D eigenvalue weighted by molar-refractivity contribution is 0.0684. The number of nitrogens with zero attached hydrogens (tertiary/aromatic N) is 3. The van der Waals surface area contributed by atoms with E-state index in [-0.39, 0.29) is 18.6 Å². The van der Waals surface area contributed by atoms with E-state index in [0.29, 0.717) is 17.8 Å². The number of likely N-dealkylation sites (tertiary alicyclic amines) is 1. The third-order valence-corrected chi connectivity index (χ3v) is 5.07. The summed E-state index contributed by atoms with van der Waals surface area (Å²) in [5, 5.41) is 14.3. The normalized spacial score (nSPS) is 19.0. The van der Waals surface area contributed by atoms with Gasteiger partial charge in [0, 0.05) is 12.0 Å². The lowest BCUT2D eigenvalue weighted by Crippen LogP contribution is -2.37. The molecular weight excluding hydrogens is 326 g/mol. The average molecular weight is 345 g/mol. The molecule has 0 bridgehead atoms. The van der Waals surface area contributed by atoms with Crippen molar-refractivity contribution in [3.8, 4) is 10.6 Å². The summed E-state index contributed by atoms with van der Waals surface area (Å²) in [7, 11) is 1.48. The SMILES string of the molecule is CON=C1CC(CO)N(C(=O)c2cnc(-c3ccccc3C)s2)C1. The molecule has 1 saturated heterocycles. The van der Waals surface area contributed by atoms with E-state index in [0.717, 1.165) is 21.8 Å². The molecule has 1 aliphatic rings. The van der Waals surface area contributed by atoms with E-state index in [1.165, 1.54) is 18.4 Å². The zero-order chi connectivity index (χ0) is 17.1. The van der Waals surface area contributed by atoms with Crippen molar-refractivity contribution in [2.45, 2.75) is 19.4 Å². The standard InChI is InChI=1S/C17H19N3O3S/c1-11-5-3-4-6-14(11)16-18-8-15(24-16)17(22)20-9-12(19-23-2)7-13(20)10-21/h3-6,8,13,21H,7,9-10H2,1-2H3. The Balaban J connectivity index is 1.84. The average Bonchev–Trinajstić information content (AvgIpc) is 3.22. The van der Waals surface area contributed by atoms with Gasteiger partial charge in [0.05, 0.1) is 31.1 Å². The van der Waals surface area contributed by atoms with Crippen LogP contribution in [0.5, 0.6) is 0 Å². The lowest BCUT2D eigenvalue weighted by atomic mass is 10.1. The number of thiazole rings is 1. The van der Waals surface area contributed by atoms with Gasteiger partial charge in [-0.2, -0.15) is 0 Å². The van der Waals surface area contributed by atoms with Crippen molar-refractivity contribution in [1.82, 2.24) is 9.88 Å². The summed E-state index contributed by atoms with van der Waals surface area (Å²) in [5.41, 5.74) is 2.91. The van der Waals surface area contributed by atoms with Crippen LogP contribution in [0.3, 0.4) is 0 Å². The van der Waals surface area contributed by atoms with Gasteiger partial charge in [0.25, 0.3) is 5.91 Å². The van der Waals surface area contributed by atoms with Crippen LogP contribution < -0.4 is 0 Å². The first kappa shape index (κ1) is 16.6. The first-order valence-corrected chi connectivity index (χ1v) is 8.48. The molecule has 2 heterocycles. The Hall–Kier alpha value is -2.25. The highest BCUT2D eigenvalue weighted by molar-refractivity contribution is 7.16. The van der Waals surface area contributed by atoms with Gasteiger partial charge in [0.15, 0.2) is 0 Å². The van der Waals surface area contributed by atoms with Gasteiger partial charge in [-0.1, -0.05) is 29.4 Å². The number of amides is 1. The van der Waals surface area contributed by atoms with E-state index in [4.69, 9.17) is 4.84 Å². The summed E-state index contributed by atoms with van der Waals surface area (Å²) in [5.74, 6) is -0.132. The molecule has 2 aromatic rings. The number of carbonyl (C=O) groups excluding carboxylic acids is 1. The van der Waals surface area contributed by atoms with Crippen LogP contribution in [0.2, 0.25) is 0 Å². The molecule has 0 spiro atoms. The molecule has 1 fully saturated rings. The number of aliphatic hydroxyl groups is 1. The molecule has 1 amide bonds. The highest BCUT2D eigenvalue weighted by atomic mass is 32.1. The van der Waals surface area contributed by atoms with Gasteiger partial charge in [-0.15, -0.1) is 11.3 Å². The number of benzene rings is 1. The monoisotopic (exact) mass is 345 g/mol. The Morgan fingerprint density at radius 2 is 2.29 bits per heavy atom. The van der Waals surface area contributed by atoms with Crippen LogP contribution in [0.15, 0.2) is 35.6 Å². The highest BCUT2D eigenvalue weighted by Crippen LogP contribution is 2.29. The topological polar surface area (TPSA) is 75.0 Å². The summed E-state index contributed by atoms with van der Waals surface area (Å²) >= 11 is 1.37. The largest absolute Gasteiger partial charge is 0.399 e. The van der Waals surface area contributed by atoms with Gasteiger partial charge in [-0.25, -0.2) is 4.98 Å². The van der Waals surface area contributed by atoms with Crippen LogP contribution in [0.4, 0.5) is 0 Å². The van der Waals surface area contributed by atoms with E-state index in [2.05, 4.69) is 10.1 Å². The molecule has 0 saturated carbocycles. The predicted molar refractivity (Wildman–Crippen MR) is 93.3 cm³/mol.